The van der Waals surface area contributed by atoms with E-state index in [4.69, 9.17) is 0 Å². The Morgan fingerprint density at radius 3 is 2.35 bits per heavy atom. The van der Waals surface area contributed by atoms with Crippen molar-refractivity contribution < 1.29 is 14.4 Å². The molecule has 7 nitrogen and oxygen atoms in total. The number of aromatic amines is 1. The molecule has 34 heavy (non-hydrogen) atoms. The van der Waals surface area contributed by atoms with Crippen molar-refractivity contribution >= 4 is 34.7 Å². The van der Waals surface area contributed by atoms with Crippen molar-refractivity contribution in [2.75, 3.05) is 0 Å². The van der Waals surface area contributed by atoms with E-state index in [1.54, 1.807) is 13.0 Å². The Morgan fingerprint density at radius 1 is 0.941 bits per heavy atom. The summed E-state index contributed by atoms with van der Waals surface area (Å²) < 4.78 is 0. The molecule has 178 valence electrons. The summed E-state index contributed by atoms with van der Waals surface area (Å²) in [6, 6.07) is 11.6. The Morgan fingerprint density at radius 2 is 1.68 bits per heavy atom. The first-order chi connectivity index (χ1) is 16.0. The number of H-pyrrole nitrogens is 1. The molecule has 3 amide bonds. The van der Waals surface area contributed by atoms with Crippen LogP contribution in [0.25, 0.3) is 28.1 Å². The van der Waals surface area contributed by atoms with E-state index in [9.17, 15) is 14.4 Å². The summed E-state index contributed by atoms with van der Waals surface area (Å²) >= 11 is 0. The zero-order chi connectivity index (χ0) is 25.0. The Kier molecular flexibility index (Phi) is 7.56. The predicted molar refractivity (Wildman–Crippen MR) is 136 cm³/mol. The van der Waals surface area contributed by atoms with Gasteiger partial charge < -0.3 is 20.9 Å². The lowest BCUT2D eigenvalue weighted by molar-refractivity contribution is -0.127. The molecule has 3 aromatic rings. The fraction of sp³-hybridized carbons (Fsp3) is 0.296. The van der Waals surface area contributed by atoms with Crippen LogP contribution in [-0.2, 0) is 14.4 Å². The van der Waals surface area contributed by atoms with E-state index in [1.807, 2.05) is 46.0 Å². The highest BCUT2D eigenvalue weighted by molar-refractivity contribution is 6.03. The van der Waals surface area contributed by atoms with Crippen LogP contribution < -0.4 is 16.0 Å². The van der Waals surface area contributed by atoms with Gasteiger partial charge in [-0.3, -0.25) is 14.4 Å². The van der Waals surface area contributed by atoms with Crippen LogP contribution in [0, 0.1) is 13.8 Å². The quantitative estimate of drug-likeness (QED) is 0.401. The average molecular weight is 461 g/mol. The standard InChI is InChI=1S/C27H32N4O3/c1-15(2)29-26(33)18(5)30-27(34)25(31-19(6)32)14-22-11-17(4)23(12-16(22)3)20-7-8-24-21(13-20)9-10-28-24/h7-15,18,28H,1-6H3,(H,29,33)(H,30,34)(H,31,32)/t18-/m1/s1. The topological polar surface area (TPSA) is 103 Å². The molecule has 3 rings (SSSR count). The van der Waals surface area contributed by atoms with Gasteiger partial charge in [-0.25, -0.2) is 0 Å². The molecule has 0 aliphatic carbocycles. The van der Waals surface area contributed by atoms with Crippen molar-refractivity contribution in [1.29, 1.82) is 0 Å². The fourth-order valence-corrected chi connectivity index (χ4v) is 3.78. The summed E-state index contributed by atoms with van der Waals surface area (Å²) in [5, 5.41) is 9.16. The summed E-state index contributed by atoms with van der Waals surface area (Å²) in [6.07, 6.45) is 3.56. The Hall–Kier alpha value is -3.87. The molecule has 0 saturated heterocycles. The van der Waals surface area contributed by atoms with E-state index in [2.05, 4.69) is 45.2 Å². The fourth-order valence-electron chi connectivity index (χ4n) is 3.78. The predicted octanol–water partition coefficient (Wildman–Crippen LogP) is 3.96. The smallest absolute Gasteiger partial charge is 0.268 e. The SMILES string of the molecule is CC(=O)NC(=Cc1cc(C)c(-c2ccc3[nH]ccc3c2)cc1C)C(=O)N[C@H](C)C(=O)NC(C)C. The number of aromatic nitrogens is 1. The number of hydrogen-bond donors (Lipinski definition) is 4. The number of carbonyl (C=O) groups excluding carboxylic acids is 3. The molecule has 1 heterocycles. The minimum absolute atomic E-state index is 0.0423. The van der Waals surface area contributed by atoms with Crippen molar-refractivity contribution in [3.05, 3.63) is 65.0 Å². The van der Waals surface area contributed by atoms with Crippen molar-refractivity contribution in [3.63, 3.8) is 0 Å². The Labute approximate surface area is 200 Å². The number of rotatable bonds is 7. The second-order valence-corrected chi connectivity index (χ2v) is 8.90. The normalized spacial score (nSPS) is 12.5. The molecule has 1 atom stereocenters. The van der Waals surface area contributed by atoms with Gasteiger partial charge in [-0.15, -0.1) is 0 Å². The maximum absolute atomic E-state index is 12.9. The number of aryl methyl sites for hydroxylation is 2. The molecule has 0 aliphatic heterocycles. The first-order valence-corrected chi connectivity index (χ1v) is 11.3. The molecule has 0 unspecified atom stereocenters. The molecule has 0 fully saturated rings. The largest absolute Gasteiger partial charge is 0.361 e. The third kappa shape index (κ3) is 5.92. The third-order valence-electron chi connectivity index (χ3n) is 5.50. The van der Waals surface area contributed by atoms with Crippen molar-refractivity contribution in [2.24, 2.45) is 0 Å². The second-order valence-electron chi connectivity index (χ2n) is 8.90. The average Bonchev–Trinajstić information content (AvgIpc) is 3.22. The lowest BCUT2D eigenvalue weighted by Gasteiger charge is -2.18. The van der Waals surface area contributed by atoms with Crippen molar-refractivity contribution in [3.8, 4) is 11.1 Å². The van der Waals surface area contributed by atoms with Gasteiger partial charge in [-0.05, 0) is 92.1 Å². The monoisotopic (exact) mass is 460 g/mol. The first-order valence-electron chi connectivity index (χ1n) is 11.3. The minimum atomic E-state index is -0.749. The maximum atomic E-state index is 12.9. The molecular formula is C27H32N4O3. The Bertz CT molecular complexity index is 1270. The van der Waals surface area contributed by atoms with Crippen LogP contribution >= 0.6 is 0 Å². The van der Waals surface area contributed by atoms with Gasteiger partial charge in [-0.2, -0.15) is 0 Å². The van der Waals surface area contributed by atoms with Gasteiger partial charge >= 0.3 is 0 Å². The van der Waals surface area contributed by atoms with Gasteiger partial charge in [0.1, 0.15) is 11.7 Å². The van der Waals surface area contributed by atoms with Crippen LogP contribution in [-0.4, -0.2) is 34.8 Å². The van der Waals surface area contributed by atoms with Crippen LogP contribution in [0.15, 0.2) is 48.3 Å². The molecule has 2 aromatic carbocycles. The van der Waals surface area contributed by atoms with E-state index >= 15 is 0 Å². The van der Waals surface area contributed by atoms with Gasteiger partial charge in [-0.1, -0.05) is 18.2 Å². The summed E-state index contributed by atoms with van der Waals surface area (Å²) in [5.41, 5.74) is 6.17. The molecule has 0 radical (unpaired) electrons. The van der Waals surface area contributed by atoms with E-state index in [-0.39, 0.29) is 23.6 Å². The molecule has 0 aliphatic rings. The number of amides is 3. The van der Waals surface area contributed by atoms with Crippen LogP contribution in [0.1, 0.15) is 44.4 Å². The Balaban J connectivity index is 1.91. The first kappa shape index (κ1) is 24.8. The molecule has 0 bridgehead atoms. The van der Waals surface area contributed by atoms with Gasteiger partial charge in [0.15, 0.2) is 0 Å². The highest BCUT2D eigenvalue weighted by atomic mass is 16.2. The number of benzene rings is 2. The van der Waals surface area contributed by atoms with Crippen LogP contribution in [0.2, 0.25) is 0 Å². The summed E-state index contributed by atoms with van der Waals surface area (Å²) in [5.74, 6) is -1.19. The van der Waals surface area contributed by atoms with Gasteiger partial charge in [0, 0.05) is 24.7 Å². The van der Waals surface area contributed by atoms with E-state index in [0.29, 0.717) is 0 Å². The van der Waals surface area contributed by atoms with Crippen LogP contribution in [0.5, 0.6) is 0 Å². The molecule has 7 heteroatoms. The molecule has 0 spiro atoms. The van der Waals surface area contributed by atoms with Gasteiger partial charge in [0.05, 0.1) is 0 Å². The number of fused-ring (bicyclic) bond motifs is 1. The second kappa shape index (κ2) is 10.4. The number of hydrogen-bond acceptors (Lipinski definition) is 3. The molecule has 4 N–H and O–H groups in total. The third-order valence-corrected chi connectivity index (χ3v) is 5.50. The minimum Gasteiger partial charge on any atom is -0.361 e. The summed E-state index contributed by atoms with van der Waals surface area (Å²) in [6.45, 7) is 10.6. The number of carbonyl (C=O) groups is 3. The van der Waals surface area contributed by atoms with Crippen molar-refractivity contribution in [1.82, 2.24) is 20.9 Å². The highest BCUT2D eigenvalue weighted by Crippen LogP contribution is 2.29. The molecule has 0 saturated carbocycles. The van der Waals surface area contributed by atoms with Gasteiger partial charge in [0.25, 0.3) is 5.91 Å². The summed E-state index contributed by atoms with van der Waals surface area (Å²) in [7, 11) is 0. The molecule has 1 aromatic heterocycles. The number of nitrogens with one attached hydrogen (secondary N) is 4. The zero-order valence-electron chi connectivity index (χ0n) is 20.5. The van der Waals surface area contributed by atoms with Crippen molar-refractivity contribution in [2.45, 2.75) is 53.6 Å². The van der Waals surface area contributed by atoms with E-state index in [0.717, 1.165) is 38.7 Å². The highest BCUT2D eigenvalue weighted by Gasteiger charge is 2.20. The van der Waals surface area contributed by atoms with E-state index in [1.165, 1.54) is 6.92 Å². The van der Waals surface area contributed by atoms with E-state index < -0.39 is 11.9 Å². The molecular weight excluding hydrogens is 428 g/mol. The lowest BCUT2D eigenvalue weighted by Crippen LogP contribution is -2.48. The van der Waals surface area contributed by atoms with Crippen LogP contribution in [0.3, 0.4) is 0 Å². The van der Waals surface area contributed by atoms with Gasteiger partial charge in [0.2, 0.25) is 11.8 Å². The van der Waals surface area contributed by atoms with Crippen LogP contribution in [0.4, 0.5) is 0 Å². The summed E-state index contributed by atoms with van der Waals surface area (Å²) in [4.78, 5) is 40.1. The lowest BCUT2D eigenvalue weighted by atomic mass is 9.94. The maximum Gasteiger partial charge on any atom is 0.268 e. The zero-order valence-corrected chi connectivity index (χ0v) is 20.5.